The zero-order valence-electron chi connectivity index (χ0n) is 10.7. The van der Waals surface area contributed by atoms with E-state index in [1.54, 1.807) is 0 Å². The molecule has 0 unspecified atom stereocenters. The van der Waals surface area contributed by atoms with E-state index in [2.05, 4.69) is 25.6 Å². The molecule has 112 valence electrons. The molecule has 2 rings (SSSR count). The Hall–Kier alpha value is -1.58. The molecule has 0 aromatic carbocycles. The second-order valence-electron chi connectivity index (χ2n) is 4.14. The largest absolute Gasteiger partial charge is 0.364 e. The number of anilines is 1. The number of primary amides is 1. The summed E-state index contributed by atoms with van der Waals surface area (Å²) in [7, 11) is -2.33. The molecule has 0 atom stereocenters. The Morgan fingerprint density at radius 1 is 1.48 bits per heavy atom. The zero-order chi connectivity index (χ0) is 15.8. The Kier molecular flexibility index (Phi) is 4.26. The first-order valence-corrected chi connectivity index (χ1v) is 8.16. The highest BCUT2D eigenvalue weighted by Gasteiger charge is 2.20. The third kappa shape index (κ3) is 3.36. The van der Waals surface area contributed by atoms with E-state index in [9.17, 15) is 13.2 Å². The number of carbonyl (C=O) groups is 1. The van der Waals surface area contributed by atoms with E-state index in [1.165, 1.54) is 36.1 Å². The Bertz CT molecular complexity index is 819. The number of aryl methyl sites for hydroxylation is 1. The number of carbonyl (C=O) groups excluding carboxylic acids is 1. The molecule has 2 heterocycles. The van der Waals surface area contributed by atoms with Crippen LogP contribution in [-0.4, -0.2) is 23.9 Å². The standard InChI is InChI=1S/C11H10BrClN4O3S/c1-17-5-7(3-9(17)11(14)18)21(19,20)16-6-2-8(12)10(13)15-4-6/h2-5,16H,1H3,(H2,14,18). The van der Waals surface area contributed by atoms with Crippen molar-refractivity contribution in [2.75, 3.05) is 4.72 Å². The van der Waals surface area contributed by atoms with Crippen molar-refractivity contribution in [2.45, 2.75) is 4.90 Å². The van der Waals surface area contributed by atoms with Crippen molar-refractivity contribution in [2.24, 2.45) is 12.8 Å². The molecule has 3 N–H and O–H groups in total. The number of hydrogen-bond acceptors (Lipinski definition) is 4. The molecule has 0 aliphatic heterocycles. The van der Waals surface area contributed by atoms with Gasteiger partial charge in [-0.15, -0.1) is 0 Å². The molecule has 0 radical (unpaired) electrons. The number of halogens is 2. The summed E-state index contributed by atoms with van der Waals surface area (Å²) in [5.41, 5.74) is 5.48. The summed E-state index contributed by atoms with van der Waals surface area (Å²) in [6.07, 6.45) is 2.57. The van der Waals surface area contributed by atoms with Gasteiger partial charge in [-0.1, -0.05) is 11.6 Å². The van der Waals surface area contributed by atoms with Crippen LogP contribution in [0, 0.1) is 0 Å². The third-order valence-corrected chi connectivity index (χ3v) is 5.07. The minimum Gasteiger partial charge on any atom is -0.364 e. The summed E-state index contributed by atoms with van der Waals surface area (Å²) >= 11 is 8.89. The minimum absolute atomic E-state index is 0.0788. The smallest absolute Gasteiger partial charge is 0.265 e. The van der Waals surface area contributed by atoms with Crippen LogP contribution in [0.2, 0.25) is 5.15 Å². The van der Waals surface area contributed by atoms with Crippen LogP contribution >= 0.6 is 27.5 Å². The predicted octanol–water partition coefficient (Wildman–Crippen LogP) is 1.74. The normalized spacial score (nSPS) is 11.4. The van der Waals surface area contributed by atoms with E-state index >= 15 is 0 Å². The molecule has 21 heavy (non-hydrogen) atoms. The van der Waals surface area contributed by atoms with E-state index in [1.807, 2.05) is 0 Å². The summed E-state index contributed by atoms with van der Waals surface area (Å²) < 4.78 is 28.6. The quantitative estimate of drug-likeness (QED) is 0.771. The van der Waals surface area contributed by atoms with Crippen molar-refractivity contribution in [1.82, 2.24) is 9.55 Å². The molecule has 0 saturated carbocycles. The van der Waals surface area contributed by atoms with Crippen LogP contribution in [0.5, 0.6) is 0 Å². The van der Waals surface area contributed by atoms with Crippen LogP contribution in [0.4, 0.5) is 5.69 Å². The lowest BCUT2D eigenvalue weighted by Crippen LogP contribution is -2.14. The number of amides is 1. The lowest BCUT2D eigenvalue weighted by atomic mass is 10.4. The number of nitrogens with zero attached hydrogens (tertiary/aromatic N) is 2. The van der Waals surface area contributed by atoms with E-state index in [-0.39, 0.29) is 21.4 Å². The highest BCUT2D eigenvalue weighted by Crippen LogP contribution is 2.25. The molecule has 0 aliphatic carbocycles. The van der Waals surface area contributed by atoms with E-state index in [0.29, 0.717) is 4.47 Å². The molecule has 1 amide bonds. The van der Waals surface area contributed by atoms with Gasteiger partial charge in [-0.2, -0.15) is 0 Å². The van der Waals surface area contributed by atoms with Gasteiger partial charge in [0.05, 0.1) is 16.4 Å². The molecular weight excluding hydrogens is 384 g/mol. The molecule has 0 spiro atoms. The van der Waals surface area contributed by atoms with Gasteiger partial charge in [0, 0.05) is 13.2 Å². The van der Waals surface area contributed by atoms with Crippen molar-refractivity contribution in [3.8, 4) is 0 Å². The molecule has 10 heteroatoms. The van der Waals surface area contributed by atoms with Crippen molar-refractivity contribution in [3.05, 3.63) is 39.8 Å². The van der Waals surface area contributed by atoms with Gasteiger partial charge in [0.25, 0.3) is 15.9 Å². The van der Waals surface area contributed by atoms with Crippen molar-refractivity contribution >= 4 is 49.1 Å². The fourth-order valence-corrected chi connectivity index (χ4v) is 3.17. The van der Waals surface area contributed by atoms with Crippen LogP contribution in [0.1, 0.15) is 10.5 Å². The molecule has 2 aromatic heterocycles. The topological polar surface area (TPSA) is 107 Å². The maximum atomic E-state index is 12.2. The first-order chi connectivity index (χ1) is 9.70. The Labute approximate surface area is 134 Å². The number of sulfonamides is 1. The van der Waals surface area contributed by atoms with Gasteiger partial charge in [0.2, 0.25) is 0 Å². The Balaban J connectivity index is 2.36. The second kappa shape index (κ2) is 5.66. The minimum atomic E-state index is -3.86. The molecule has 7 nitrogen and oxygen atoms in total. The number of nitrogens with one attached hydrogen (secondary N) is 1. The van der Waals surface area contributed by atoms with Gasteiger partial charge < -0.3 is 10.3 Å². The molecule has 0 saturated heterocycles. The SMILES string of the molecule is Cn1cc(S(=O)(=O)Nc2cnc(Cl)c(Br)c2)cc1C(N)=O. The molecule has 0 fully saturated rings. The number of rotatable bonds is 4. The average molecular weight is 394 g/mol. The van der Waals surface area contributed by atoms with E-state index < -0.39 is 15.9 Å². The van der Waals surface area contributed by atoms with E-state index in [4.69, 9.17) is 17.3 Å². The zero-order valence-corrected chi connectivity index (χ0v) is 13.8. The molecule has 0 bridgehead atoms. The summed E-state index contributed by atoms with van der Waals surface area (Å²) in [4.78, 5) is 14.9. The van der Waals surface area contributed by atoms with Crippen LogP contribution in [0.25, 0.3) is 0 Å². The molecule has 2 aromatic rings. The molecular formula is C11H10BrClN4O3S. The highest BCUT2D eigenvalue weighted by atomic mass is 79.9. The van der Waals surface area contributed by atoms with Crippen molar-refractivity contribution in [3.63, 3.8) is 0 Å². The second-order valence-corrected chi connectivity index (χ2v) is 7.03. The maximum Gasteiger partial charge on any atom is 0.265 e. The fourth-order valence-electron chi connectivity index (χ4n) is 1.62. The van der Waals surface area contributed by atoms with Gasteiger partial charge in [0.15, 0.2) is 0 Å². The molecule has 0 aliphatic rings. The van der Waals surface area contributed by atoms with Crippen molar-refractivity contribution < 1.29 is 13.2 Å². The maximum absolute atomic E-state index is 12.2. The summed E-state index contributed by atoms with van der Waals surface area (Å²) in [5.74, 6) is -0.713. The predicted molar refractivity (Wildman–Crippen MR) is 81.7 cm³/mol. The number of nitrogens with two attached hydrogens (primary N) is 1. The third-order valence-electron chi connectivity index (χ3n) is 2.59. The van der Waals surface area contributed by atoms with Gasteiger partial charge in [0.1, 0.15) is 15.7 Å². The van der Waals surface area contributed by atoms with Crippen molar-refractivity contribution in [1.29, 1.82) is 0 Å². The van der Waals surface area contributed by atoms with Gasteiger partial charge in [-0.25, -0.2) is 13.4 Å². The van der Waals surface area contributed by atoms with Gasteiger partial charge >= 0.3 is 0 Å². The van der Waals surface area contributed by atoms with Crippen LogP contribution < -0.4 is 10.5 Å². The average Bonchev–Trinajstić information content (AvgIpc) is 2.77. The monoisotopic (exact) mass is 392 g/mol. The highest BCUT2D eigenvalue weighted by molar-refractivity contribution is 9.10. The Morgan fingerprint density at radius 2 is 2.14 bits per heavy atom. The number of pyridine rings is 1. The Morgan fingerprint density at radius 3 is 2.67 bits per heavy atom. The van der Waals surface area contributed by atoms with E-state index in [0.717, 1.165) is 0 Å². The lowest BCUT2D eigenvalue weighted by molar-refractivity contribution is 0.0992. The summed E-state index contributed by atoms with van der Waals surface area (Å²) in [6.45, 7) is 0. The fraction of sp³-hybridized carbons (Fsp3) is 0.0909. The number of aromatic nitrogens is 2. The number of hydrogen-bond donors (Lipinski definition) is 2. The summed E-state index contributed by atoms with van der Waals surface area (Å²) in [6, 6.07) is 2.67. The summed E-state index contributed by atoms with van der Waals surface area (Å²) in [5, 5.41) is 0.216. The van der Waals surface area contributed by atoms with Crippen LogP contribution in [0.15, 0.2) is 33.9 Å². The lowest BCUT2D eigenvalue weighted by Gasteiger charge is -2.06. The van der Waals surface area contributed by atoms with Crippen LogP contribution in [0.3, 0.4) is 0 Å². The first kappa shape index (κ1) is 15.8. The van der Waals surface area contributed by atoms with Gasteiger partial charge in [-0.05, 0) is 28.1 Å². The van der Waals surface area contributed by atoms with Crippen LogP contribution in [-0.2, 0) is 17.1 Å². The first-order valence-electron chi connectivity index (χ1n) is 5.51. The van der Waals surface area contributed by atoms with Gasteiger partial charge in [-0.3, -0.25) is 9.52 Å².